The first kappa shape index (κ1) is 11.2. The second kappa shape index (κ2) is 5.10. The molecule has 1 fully saturated rings. The van der Waals surface area contributed by atoms with Crippen LogP contribution in [0.1, 0.15) is 33.1 Å². The fourth-order valence-corrected chi connectivity index (χ4v) is 1.67. The summed E-state index contributed by atoms with van der Waals surface area (Å²) in [5.74, 6) is -0.0107. The summed E-state index contributed by atoms with van der Waals surface area (Å²) in [4.78, 5) is 22.7. The van der Waals surface area contributed by atoms with Crippen molar-refractivity contribution in [3.05, 3.63) is 0 Å². The lowest BCUT2D eigenvalue weighted by Crippen LogP contribution is -2.47. The molecule has 0 saturated carbocycles. The fourth-order valence-electron chi connectivity index (χ4n) is 1.67. The highest BCUT2D eigenvalue weighted by Gasteiger charge is 2.24. The Kier molecular flexibility index (Phi) is 4.07. The highest BCUT2D eigenvalue weighted by Crippen LogP contribution is 2.05. The Morgan fingerprint density at radius 3 is 2.71 bits per heavy atom. The number of Topliss-reactive ketones (excluding diaryl/α,β-unsaturated/α-hetero) is 1. The summed E-state index contributed by atoms with van der Waals surface area (Å²) in [6, 6.07) is -0.409. The molecule has 0 spiro atoms. The van der Waals surface area contributed by atoms with Gasteiger partial charge in [0.2, 0.25) is 5.91 Å². The van der Waals surface area contributed by atoms with Gasteiger partial charge in [0.1, 0.15) is 0 Å². The second-order valence-corrected chi connectivity index (χ2v) is 3.73. The van der Waals surface area contributed by atoms with E-state index in [1.54, 1.807) is 0 Å². The average Bonchev–Trinajstić information content (AvgIpc) is 2.65. The van der Waals surface area contributed by atoms with Crippen LogP contribution in [0.15, 0.2) is 0 Å². The minimum absolute atomic E-state index is 0.0267. The molecule has 0 aromatic heterocycles. The molecular weight excluding hydrogens is 180 g/mol. The van der Waals surface area contributed by atoms with Gasteiger partial charge in [0, 0.05) is 0 Å². The summed E-state index contributed by atoms with van der Waals surface area (Å²) >= 11 is 0. The van der Waals surface area contributed by atoms with Gasteiger partial charge in [0.05, 0.1) is 12.1 Å². The van der Waals surface area contributed by atoms with Gasteiger partial charge in [0.15, 0.2) is 5.78 Å². The van der Waals surface area contributed by atoms with Gasteiger partial charge in [-0.25, -0.2) is 0 Å². The minimum atomic E-state index is -0.315. The van der Waals surface area contributed by atoms with Crippen LogP contribution < -0.4 is 10.6 Å². The van der Waals surface area contributed by atoms with Crippen molar-refractivity contribution in [3.63, 3.8) is 0 Å². The zero-order valence-electron chi connectivity index (χ0n) is 8.80. The molecular formula is C10H18N2O2. The Bertz CT molecular complexity index is 222. The monoisotopic (exact) mass is 198 g/mol. The van der Waals surface area contributed by atoms with E-state index in [9.17, 15) is 9.59 Å². The summed E-state index contributed by atoms with van der Waals surface area (Å²) in [7, 11) is 0. The van der Waals surface area contributed by atoms with E-state index in [4.69, 9.17) is 0 Å². The number of hydrogen-bond acceptors (Lipinski definition) is 3. The molecule has 0 unspecified atom stereocenters. The first-order valence-corrected chi connectivity index (χ1v) is 5.19. The van der Waals surface area contributed by atoms with Gasteiger partial charge in [0.25, 0.3) is 0 Å². The molecule has 1 saturated heterocycles. The van der Waals surface area contributed by atoms with E-state index in [1.165, 1.54) is 6.92 Å². The molecule has 2 atom stereocenters. The van der Waals surface area contributed by atoms with Crippen molar-refractivity contribution in [3.8, 4) is 0 Å². The van der Waals surface area contributed by atoms with Crippen LogP contribution in [0.2, 0.25) is 0 Å². The Hall–Kier alpha value is -0.900. The van der Waals surface area contributed by atoms with Crippen LogP contribution in [-0.2, 0) is 9.59 Å². The summed E-state index contributed by atoms with van der Waals surface area (Å²) in [6.45, 7) is 4.31. The van der Waals surface area contributed by atoms with Gasteiger partial charge in [-0.05, 0) is 32.7 Å². The maximum Gasteiger partial charge on any atom is 0.237 e. The average molecular weight is 198 g/mol. The molecule has 0 aliphatic carbocycles. The van der Waals surface area contributed by atoms with Crippen LogP contribution in [-0.4, -0.2) is 30.3 Å². The van der Waals surface area contributed by atoms with Gasteiger partial charge in [-0.2, -0.15) is 0 Å². The quantitative estimate of drug-likeness (QED) is 0.679. The highest BCUT2D eigenvalue weighted by molar-refractivity contribution is 5.89. The lowest BCUT2D eigenvalue weighted by atomic mass is 10.1. The summed E-state index contributed by atoms with van der Waals surface area (Å²) < 4.78 is 0. The summed E-state index contributed by atoms with van der Waals surface area (Å²) in [6.07, 6.45) is 2.57. The molecule has 80 valence electrons. The molecule has 0 radical (unpaired) electrons. The van der Waals surface area contributed by atoms with Crippen LogP contribution in [0, 0.1) is 0 Å². The number of nitrogens with one attached hydrogen (secondary N) is 2. The number of carbonyl (C=O) groups is 2. The van der Waals surface area contributed by atoms with Gasteiger partial charge >= 0.3 is 0 Å². The standard InChI is InChI=1S/C10H18N2O2/c1-3-8(7(2)13)12-10(14)9-5-4-6-11-9/h8-9,11H,3-6H2,1-2H3,(H,12,14)/t8-,9-/m0/s1. The molecule has 0 aromatic carbocycles. The van der Waals surface area contributed by atoms with Crippen molar-refractivity contribution in [2.45, 2.75) is 45.2 Å². The zero-order chi connectivity index (χ0) is 10.6. The number of rotatable bonds is 4. The molecule has 0 aromatic rings. The molecule has 14 heavy (non-hydrogen) atoms. The van der Waals surface area contributed by atoms with Crippen LogP contribution in [0.5, 0.6) is 0 Å². The zero-order valence-corrected chi connectivity index (χ0v) is 8.80. The SMILES string of the molecule is CC[C@H](NC(=O)[C@@H]1CCCN1)C(C)=O. The second-order valence-electron chi connectivity index (χ2n) is 3.73. The predicted molar refractivity (Wildman–Crippen MR) is 53.9 cm³/mol. The van der Waals surface area contributed by atoms with E-state index in [2.05, 4.69) is 10.6 Å². The van der Waals surface area contributed by atoms with Crippen molar-refractivity contribution < 1.29 is 9.59 Å². The number of carbonyl (C=O) groups excluding carboxylic acids is 2. The van der Waals surface area contributed by atoms with Crippen LogP contribution in [0.25, 0.3) is 0 Å². The third-order valence-corrected chi connectivity index (χ3v) is 2.59. The Balaban J connectivity index is 2.41. The van der Waals surface area contributed by atoms with E-state index in [-0.39, 0.29) is 23.8 Å². The normalized spacial score (nSPS) is 23.1. The third-order valence-electron chi connectivity index (χ3n) is 2.59. The molecule has 4 heteroatoms. The molecule has 1 rings (SSSR count). The van der Waals surface area contributed by atoms with E-state index in [0.29, 0.717) is 6.42 Å². The molecule has 2 N–H and O–H groups in total. The van der Waals surface area contributed by atoms with Gasteiger partial charge in [-0.1, -0.05) is 6.92 Å². The maximum atomic E-state index is 11.6. The van der Waals surface area contributed by atoms with Crippen molar-refractivity contribution in [1.29, 1.82) is 0 Å². The summed E-state index contributed by atoms with van der Waals surface area (Å²) in [5, 5.41) is 5.86. The largest absolute Gasteiger partial charge is 0.345 e. The lowest BCUT2D eigenvalue weighted by molar-refractivity contribution is -0.128. The van der Waals surface area contributed by atoms with Gasteiger partial charge in [-0.3, -0.25) is 9.59 Å². The first-order valence-electron chi connectivity index (χ1n) is 5.19. The highest BCUT2D eigenvalue weighted by atomic mass is 16.2. The fraction of sp³-hybridized carbons (Fsp3) is 0.800. The lowest BCUT2D eigenvalue weighted by Gasteiger charge is -2.16. The van der Waals surface area contributed by atoms with Crippen LogP contribution >= 0.6 is 0 Å². The number of hydrogen-bond donors (Lipinski definition) is 2. The van der Waals surface area contributed by atoms with E-state index in [1.807, 2.05) is 6.92 Å². The van der Waals surface area contributed by atoms with E-state index < -0.39 is 0 Å². The van der Waals surface area contributed by atoms with Crippen molar-refractivity contribution >= 4 is 11.7 Å². The first-order chi connectivity index (χ1) is 6.65. The van der Waals surface area contributed by atoms with Crippen molar-refractivity contribution in [2.75, 3.05) is 6.54 Å². The number of ketones is 1. The third kappa shape index (κ3) is 2.80. The molecule has 1 amide bonds. The molecule has 1 heterocycles. The Morgan fingerprint density at radius 1 is 1.57 bits per heavy atom. The minimum Gasteiger partial charge on any atom is -0.345 e. The smallest absolute Gasteiger partial charge is 0.237 e. The van der Waals surface area contributed by atoms with Crippen molar-refractivity contribution in [1.82, 2.24) is 10.6 Å². The van der Waals surface area contributed by atoms with Gasteiger partial charge < -0.3 is 10.6 Å². The topological polar surface area (TPSA) is 58.2 Å². The molecule has 1 aliphatic heterocycles. The molecule has 0 bridgehead atoms. The molecule has 4 nitrogen and oxygen atoms in total. The summed E-state index contributed by atoms with van der Waals surface area (Å²) in [5.41, 5.74) is 0. The molecule has 1 aliphatic rings. The van der Waals surface area contributed by atoms with Crippen LogP contribution in [0.3, 0.4) is 0 Å². The maximum absolute atomic E-state index is 11.6. The van der Waals surface area contributed by atoms with Crippen LogP contribution in [0.4, 0.5) is 0 Å². The van der Waals surface area contributed by atoms with E-state index >= 15 is 0 Å². The van der Waals surface area contributed by atoms with Crippen molar-refractivity contribution in [2.24, 2.45) is 0 Å². The number of amides is 1. The predicted octanol–water partition coefficient (Wildman–Crippen LogP) is 0.222. The Labute approximate surface area is 84.4 Å². The Morgan fingerprint density at radius 2 is 2.29 bits per heavy atom. The van der Waals surface area contributed by atoms with Gasteiger partial charge in [-0.15, -0.1) is 0 Å². The van der Waals surface area contributed by atoms with E-state index in [0.717, 1.165) is 19.4 Å².